The number of amides is 1. The van der Waals surface area contributed by atoms with Gasteiger partial charge in [-0.2, -0.15) is 0 Å². The van der Waals surface area contributed by atoms with Crippen LogP contribution in [0.1, 0.15) is 49.7 Å². The van der Waals surface area contributed by atoms with Gasteiger partial charge in [-0.05, 0) is 23.5 Å². The second kappa shape index (κ2) is 6.18. The summed E-state index contributed by atoms with van der Waals surface area (Å²) in [6.45, 7) is 0.366. The molecule has 0 atom stereocenters. The number of benzene rings is 1. The smallest absolute Gasteiger partial charge is 0.220 e. The maximum Gasteiger partial charge on any atom is 0.220 e. The second-order valence-electron chi connectivity index (χ2n) is 6.81. The molecule has 21 heavy (non-hydrogen) atoms. The summed E-state index contributed by atoms with van der Waals surface area (Å²) in [5.41, 5.74) is 1.62. The molecule has 2 aliphatic carbocycles. The van der Waals surface area contributed by atoms with Crippen molar-refractivity contribution in [3.63, 3.8) is 0 Å². The average molecular weight is 287 g/mol. The highest BCUT2D eigenvalue weighted by atomic mass is 16.3. The van der Waals surface area contributed by atoms with Gasteiger partial charge in [0.1, 0.15) is 0 Å². The van der Waals surface area contributed by atoms with Crippen molar-refractivity contribution in [2.75, 3.05) is 6.54 Å². The maximum atomic E-state index is 11.9. The molecule has 114 valence electrons. The Bertz CT molecular complexity index is 481. The summed E-state index contributed by atoms with van der Waals surface area (Å²) in [5.74, 6) is 0.834. The molecular formula is C18H25NO2. The Balaban J connectivity index is 1.43. The summed E-state index contributed by atoms with van der Waals surface area (Å²) in [6.07, 6.45) is 8.12. The zero-order chi connectivity index (χ0) is 14.7. The first kappa shape index (κ1) is 14.6. The van der Waals surface area contributed by atoms with Gasteiger partial charge in [-0.15, -0.1) is 0 Å². The third-order valence-electron chi connectivity index (χ3n) is 5.03. The van der Waals surface area contributed by atoms with Gasteiger partial charge in [0.25, 0.3) is 0 Å². The molecule has 2 N–H and O–H groups in total. The molecular weight excluding hydrogens is 262 g/mol. The standard InChI is InChI=1S/C18H25NO2/c20-17(10-9-14-5-1-2-6-14)19-13-18(21)11-15-7-3-4-8-16(15)12-18/h3-4,7-8,14,21H,1-2,5-6,9-13H2,(H,19,20). The van der Waals surface area contributed by atoms with E-state index in [0.717, 1.165) is 12.3 Å². The number of hydrogen-bond donors (Lipinski definition) is 2. The lowest BCUT2D eigenvalue weighted by molar-refractivity contribution is -0.122. The van der Waals surface area contributed by atoms with E-state index in [2.05, 4.69) is 17.4 Å². The van der Waals surface area contributed by atoms with Crippen LogP contribution in [0.15, 0.2) is 24.3 Å². The highest BCUT2D eigenvalue weighted by Crippen LogP contribution is 2.30. The highest BCUT2D eigenvalue weighted by molar-refractivity contribution is 5.76. The molecule has 1 aromatic rings. The zero-order valence-electron chi connectivity index (χ0n) is 12.6. The first-order valence-corrected chi connectivity index (χ1v) is 8.20. The molecule has 1 saturated carbocycles. The summed E-state index contributed by atoms with van der Waals surface area (Å²) in [6, 6.07) is 8.14. The quantitative estimate of drug-likeness (QED) is 0.874. The summed E-state index contributed by atoms with van der Waals surface area (Å²) in [7, 11) is 0. The Labute approximate surface area is 126 Å². The predicted molar refractivity (Wildman–Crippen MR) is 83.0 cm³/mol. The SMILES string of the molecule is O=C(CCC1CCCC1)NCC1(O)Cc2ccccc2C1. The van der Waals surface area contributed by atoms with Gasteiger partial charge in [-0.1, -0.05) is 49.9 Å². The first-order chi connectivity index (χ1) is 10.1. The zero-order valence-corrected chi connectivity index (χ0v) is 12.6. The highest BCUT2D eigenvalue weighted by Gasteiger charge is 2.35. The number of nitrogens with one attached hydrogen (secondary N) is 1. The molecule has 0 unspecified atom stereocenters. The fourth-order valence-corrected chi connectivity index (χ4v) is 3.78. The third kappa shape index (κ3) is 3.65. The van der Waals surface area contributed by atoms with Gasteiger partial charge in [-0.25, -0.2) is 0 Å². The monoisotopic (exact) mass is 287 g/mol. The number of rotatable bonds is 5. The van der Waals surface area contributed by atoms with Gasteiger partial charge in [0, 0.05) is 25.8 Å². The van der Waals surface area contributed by atoms with Crippen molar-refractivity contribution in [1.82, 2.24) is 5.32 Å². The number of aliphatic hydroxyl groups is 1. The minimum atomic E-state index is -0.799. The molecule has 0 spiro atoms. The Kier molecular flexibility index (Phi) is 4.29. The van der Waals surface area contributed by atoms with Gasteiger partial charge in [-0.3, -0.25) is 4.79 Å². The molecule has 3 heteroatoms. The van der Waals surface area contributed by atoms with E-state index in [4.69, 9.17) is 0 Å². The van der Waals surface area contributed by atoms with Crippen LogP contribution in [0.3, 0.4) is 0 Å². The van der Waals surface area contributed by atoms with E-state index < -0.39 is 5.60 Å². The van der Waals surface area contributed by atoms with E-state index in [0.29, 0.717) is 25.8 Å². The lowest BCUT2D eigenvalue weighted by atomic mass is 9.99. The molecule has 0 bridgehead atoms. The van der Waals surface area contributed by atoms with Gasteiger partial charge in [0.2, 0.25) is 5.91 Å². The Morgan fingerprint density at radius 3 is 2.43 bits per heavy atom. The molecule has 3 nitrogen and oxygen atoms in total. The van der Waals surface area contributed by atoms with Crippen LogP contribution in [0.25, 0.3) is 0 Å². The summed E-state index contributed by atoms with van der Waals surface area (Å²) >= 11 is 0. The van der Waals surface area contributed by atoms with Crippen molar-refractivity contribution in [3.8, 4) is 0 Å². The fourth-order valence-electron chi connectivity index (χ4n) is 3.78. The van der Waals surface area contributed by atoms with Crippen LogP contribution in [-0.2, 0) is 17.6 Å². The van der Waals surface area contributed by atoms with Crippen LogP contribution in [0.4, 0.5) is 0 Å². The van der Waals surface area contributed by atoms with Crippen molar-refractivity contribution >= 4 is 5.91 Å². The molecule has 0 aromatic heterocycles. The van der Waals surface area contributed by atoms with E-state index in [-0.39, 0.29) is 5.91 Å². The van der Waals surface area contributed by atoms with Crippen molar-refractivity contribution in [2.24, 2.45) is 5.92 Å². The second-order valence-corrected chi connectivity index (χ2v) is 6.81. The number of carbonyl (C=O) groups excluding carboxylic acids is 1. The first-order valence-electron chi connectivity index (χ1n) is 8.20. The van der Waals surface area contributed by atoms with Gasteiger partial charge in [0.15, 0.2) is 0 Å². The van der Waals surface area contributed by atoms with Crippen molar-refractivity contribution < 1.29 is 9.90 Å². The van der Waals surface area contributed by atoms with Gasteiger partial charge < -0.3 is 10.4 Å². The van der Waals surface area contributed by atoms with Crippen molar-refractivity contribution in [3.05, 3.63) is 35.4 Å². The molecule has 0 heterocycles. The minimum Gasteiger partial charge on any atom is -0.387 e. The molecule has 1 amide bonds. The van der Waals surface area contributed by atoms with Gasteiger partial charge in [0.05, 0.1) is 5.60 Å². The third-order valence-corrected chi connectivity index (χ3v) is 5.03. The van der Waals surface area contributed by atoms with Crippen LogP contribution in [0, 0.1) is 5.92 Å². The van der Waals surface area contributed by atoms with Gasteiger partial charge >= 0.3 is 0 Å². The molecule has 0 radical (unpaired) electrons. The summed E-state index contributed by atoms with van der Waals surface area (Å²) in [4.78, 5) is 11.9. The van der Waals surface area contributed by atoms with Crippen LogP contribution in [0.5, 0.6) is 0 Å². The van der Waals surface area contributed by atoms with Crippen LogP contribution in [0.2, 0.25) is 0 Å². The van der Waals surface area contributed by atoms with Crippen LogP contribution in [-0.4, -0.2) is 23.2 Å². The molecule has 1 aromatic carbocycles. The topological polar surface area (TPSA) is 49.3 Å². The van der Waals surface area contributed by atoms with E-state index in [9.17, 15) is 9.90 Å². The van der Waals surface area contributed by atoms with Crippen LogP contribution >= 0.6 is 0 Å². The minimum absolute atomic E-state index is 0.0891. The van der Waals surface area contributed by atoms with E-state index in [1.165, 1.54) is 36.8 Å². The Morgan fingerprint density at radius 2 is 1.81 bits per heavy atom. The van der Waals surface area contributed by atoms with Crippen LogP contribution < -0.4 is 5.32 Å². The largest absolute Gasteiger partial charge is 0.387 e. The summed E-state index contributed by atoms with van der Waals surface area (Å²) < 4.78 is 0. The average Bonchev–Trinajstić information content (AvgIpc) is 3.09. The lowest BCUT2D eigenvalue weighted by Crippen LogP contribution is -2.43. The fraction of sp³-hybridized carbons (Fsp3) is 0.611. The normalized spacial score (nSPS) is 20.4. The summed E-state index contributed by atoms with van der Waals surface area (Å²) in [5, 5.41) is 13.6. The van der Waals surface area contributed by atoms with E-state index >= 15 is 0 Å². The number of carbonyl (C=O) groups is 1. The van der Waals surface area contributed by atoms with Crippen molar-refractivity contribution in [2.45, 2.75) is 57.0 Å². The lowest BCUT2D eigenvalue weighted by Gasteiger charge is -2.22. The van der Waals surface area contributed by atoms with E-state index in [1.54, 1.807) is 0 Å². The Morgan fingerprint density at radius 1 is 1.19 bits per heavy atom. The molecule has 2 aliphatic rings. The molecule has 3 rings (SSSR count). The molecule has 0 aliphatic heterocycles. The Hall–Kier alpha value is -1.35. The van der Waals surface area contributed by atoms with E-state index in [1.807, 2.05) is 12.1 Å². The maximum absolute atomic E-state index is 11.9. The molecule has 1 fully saturated rings. The number of fused-ring (bicyclic) bond motifs is 1. The molecule has 0 saturated heterocycles. The van der Waals surface area contributed by atoms with Crippen molar-refractivity contribution in [1.29, 1.82) is 0 Å². The predicted octanol–water partition coefficient (Wildman–Crippen LogP) is 2.60. The number of hydrogen-bond acceptors (Lipinski definition) is 2.